The number of allylic oxidation sites excluding steroid dienone is 12. The van der Waals surface area contributed by atoms with Gasteiger partial charge in [0.2, 0.25) is 0 Å². The van der Waals surface area contributed by atoms with Crippen LogP contribution in [0.1, 0.15) is 149 Å². The highest BCUT2D eigenvalue weighted by atomic mass is 16.7. The third-order valence-corrected chi connectivity index (χ3v) is 9.45. The predicted octanol–water partition coefficient (Wildman–Crippen LogP) is 8.83. The number of aliphatic hydroxyl groups is 4. The van der Waals surface area contributed by atoms with Crippen molar-refractivity contribution in [3.05, 3.63) is 72.9 Å². The zero-order valence-corrected chi connectivity index (χ0v) is 34.6. The first kappa shape index (κ1) is 51.2. The Kier molecular flexibility index (Phi) is 33.3. The van der Waals surface area contributed by atoms with Gasteiger partial charge >= 0.3 is 11.9 Å². The molecule has 10 nitrogen and oxygen atoms in total. The Hall–Kier alpha value is -2.86. The molecule has 0 radical (unpaired) electrons. The van der Waals surface area contributed by atoms with Crippen LogP contribution in [-0.4, -0.2) is 89.0 Å². The smallest absolute Gasteiger partial charge is 0.306 e. The molecule has 1 heterocycles. The second-order valence-corrected chi connectivity index (χ2v) is 14.5. The fourth-order valence-corrected chi connectivity index (χ4v) is 6.01. The maximum Gasteiger partial charge on any atom is 0.306 e. The molecule has 0 spiro atoms. The Labute approximate surface area is 338 Å². The number of esters is 2. The van der Waals surface area contributed by atoms with E-state index in [9.17, 15) is 30.0 Å². The lowest BCUT2D eigenvalue weighted by Gasteiger charge is -2.39. The molecular formula is C46H76O10. The van der Waals surface area contributed by atoms with Crippen molar-refractivity contribution in [1.29, 1.82) is 0 Å². The van der Waals surface area contributed by atoms with Crippen molar-refractivity contribution in [1.82, 2.24) is 0 Å². The first-order valence-electron chi connectivity index (χ1n) is 21.6. The number of aliphatic hydroxyl groups excluding tert-OH is 4. The van der Waals surface area contributed by atoms with Gasteiger partial charge in [0, 0.05) is 12.8 Å². The molecule has 1 saturated heterocycles. The van der Waals surface area contributed by atoms with Crippen LogP contribution in [0.4, 0.5) is 0 Å². The van der Waals surface area contributed by atoms with E-state index in [0.29, 0.717) is 12.8 Å². The highest BCUT2D eigenvalue weighted by Gasteiger charge is 2.44. The minimum atomic E-state index is -1.61. The van der Waals surface area contributed by atoms with Crippen molar-refractivity contribution < 1.29 is 49.0 Å². The minimum absolute atomic E-state index is 0.177. The Morgan fingerprint density at radius 1 is 0.571 bits per heavy atom. The van der Waals surface area contributed by atoms with Gasteiger partial charge < -0.3 is 39.4 Å². The number of rotatable bonds is 34. The van der Waals surface area contributed by atoms with Crippen molar-refractivity contribution in [2.75, 3.05) is 19.8 Å². The standard InChI is InChI=1S/C46H76O10/c1-3-5-7-9-11-13-15-17-18-19-20-21-23-24-26-28-30-32-34-41(48)53-37-39(38-54-46-45(52)44(51)43(50)40(36-47)56-46)55-42(49)35-33-31-29-27-25-22-16-14-12-10-8-6-4-2/h6,8,10,12,14,16,18-22,25,39-40,43-47,50-52H,3-5,7,9,11,13,15,17,23-24,26-38H2,1-2H3/b8-6+,12-10+,16-14+,19-18+,21-20+,25-22+/t39?,40-,43+,44?,45?,46-/m0/s1. The average Bonchev–Trinajstić information content (AvgIpc) is 3.19. The molecule has 3 unspecified atom stereocenters. The SMILES string of the molecule is CC/C=C/C=C/C=C/C=C/CCCCCC(=O)OC(COC(=O)CCCCCCC/C=C/C=C/CCCCCCCCC)CO[C@H]1O[C@@H](CO)[C@@H](O)C(O)C1O. The van der Waals surface area contributed by atoms with Crippen LogP contribution in [-0.2, 0) is 28.5 Å². The molecule has 10 heteroatoms. The topological polar surface area (TPSA) is 152 Å². The maximum atomic E-state index is 12.7. The van der Waals surface area contributed by atoms with Gasteiger partial charge in [0.05, 0.1) is 13.2 Å². The van der Waals surface area contributed by atoms with Crippen LogP contribution in [0, 0.1) is 0 Å². The number of carbonyl (C=O) groups is 2. The summed E-state index contributed by atoms with van der Waals surface area (Å²) in [6.45, 7) is 3.20. The normalized spacial score (nSPS) is 21.1. The third kappa shape index (κ3) is 27.7. The Morgan fingerprint density at radius 3 is 1.62 bits per heavy atom. The third-order valence-electron chi connectivity index (χ3n) is 9.45. The summed E-state index contributed by atoms with van der Waals surface area (Å²) in [5.74, 6) is -0.877. The van der Waals surface area contributed by atoms with Gasteiger partial charge in [0.25, 0.3) is 0 Å². The van der Waals surface area contributed by atoms with Gasteiger partial charge in [-0.1, -0.05) is 151 Å². The van der Waals surface area contributed by atoms with Crippen LogP contribution in [0.3, 0.4) is 0 Å². The van der Waals surface area contributed by atoms with Gasteiger partial charge in [-0.25, -0.2) is 0 Å². The molecule has 56 heavy (non-hydrogen) atoms. The molecule has 0 aromatic rings. The van der Waals surface area contributed by atoms with Crippen LogP contribution in [0.5, 0.6) is 0 Å². The fourth-order valence-electron chi connectivity index (χ4n) is 6.01. The molecule has 1 aliphatic rings. The fraction of sp³-hybridized carbons (Fsp3) is 0.696. The lowest BCUT2D eigenvalue weighted by atomic mass is 9.99. The van der Waals surface area contributed by atoms with E-state index in [1.807, 2.05) is 36.5 Å². The van der Waals surface area contributed by atoms with Gasteiger partial charge in [-0.05, 0) is 57.8 Å². The van der Waals surface area contributed by atoms with Crippen molar-refractivity contribution in [2.45, 2.75) is 185 Å². The molecule has 1 rings (SSSR count). The van der Waals surface area contributed by atoms with E-state index in [0.717, 1.165) is 64.2 Å². The number of unbranched alkanes of at least 4 members (excludes halogenated alkanes) is 15. The van der Waals surface area contributed by atoms with Crippen LogP contribution in [0.2, 0.25) is 0 Å². The van der Waals surface area contributed by atoms with Crippen molar-refractivity contribution in [2.24, 2.45) is 0 Å². The molecule has 4 N–H and O–H groups in total. The predicted molar refractivity (Wildman–Crippen MR) is 224 cm³/mol. The zero-order valence-electron chi connectivity index (χ0n) is 34.6. The molecule has 0 aromatic carbocycles. The van der Waals surface area contributed by atoms with Gasteiger partial charge in [-0.15, -0.1) is 0 Å². The van der Waals surface area contributed by atoms with E-state index in [-0.39, 0.29) is 26.1 Å². The lowest BCUT2D eigenvalue weighted by Crippen LogP contribution is -2.59. The summed E-state index contributed by atoms with van der Waals surface area (Å²) < 4.78 is 22.1. The number of hydrogen-bond donors (Lipinski definition) is 4. The molecule has 1 fully saturated rings. The molecule has 0 aromatic heterocycles. The Bertz CT molecular complexity index is 1140. The summed E-state index contributed by atoms with van der Waals surface area (Å²) in [5, 5.41) is 40.0. The molecule has 6 atom stereocenters. The summed E-state index contributed by atoms with van der Waals surface area (Å²) >= 11 is 0. The first-order valence-corrected chi connectivity index (χ1v) is 21.6. The lowest BCUT2D eigenvalue weighted by molar-refractivity contribution is -0.305. The van der Waals surface area contributed by atoms with Gasteiger partial charge in [0.1, 0.15) is 31.0 Å². The monoisotopic (exact) mass is 789 g/mol. The number of hydrogen-bond acceptors (Lipinski definition) is 10. The van der Waals surface area contributed by atoms with Crippen molar-refractivity contribution in [3.63, 3.8) is 0 Å². The average molecular weight is 789 g/mol. The van der Waals surface area contributed by atoms with E-state index >= 15 is 0 Å². The van der Waals surface area contributed by atoms with Crippen molar-refractivity contribution >= 4 is 11.9 Å². The summed E-state index contributed by atoms with van der Waals surface area (Å²) in [6.07, 6.45) is 37.7. The van der Waals surface area contributed by atoms with Crippen LogP contribution >= 0.6 is 0 Å². The van der Waals surface area contributed by atoms with E-state index in [4.69, 9.17) is 18.9 Å². The summed E-state index contributed by atoms with van der Waals surface area (Å²) in [4.78, 5) is 25.3. The summed E-state index contributed by atoms with van der Waals surface area (Å²) in [6, 6.07) is 0. The van der Waals surface area contributed by atoms with E-state index < -0.39 is 55.4 Å². The molecule has 0 saturated carbocycles. The van der Waals surface area contributed by atoms with Gasteiger partial charge in [0.15, 0.2) is 12.4 Å². The molecule has 320 valence electrons. The minimum Gasteiger partial charge on any atom is -0.462 e. The molecule has 0 amide bonds. The zero-order chi connectivity index (χ0) is 40.9. The van der Waals surface area contributed by atoms with E-state index in [2.05, 4.69) is 50.3 Å². The largest absolute Gasteiger partial charge is 0.462 e. The van der Waals surface area contributed by atoms with Crippen LogP contribution in [0.25, 0.3) is 0 Å². The molecule has 1 aliphatic heterocycles. The van der Waals surface area contributed by atoms with E-state index in [1.54, 1.807) is 0 Å². The summed E-state index contributed by atoms with van der Waals surface area (Å²) in [5.41, 5.74) is 0. The van der Waals surface area contributed by atoms with Crippen LogP contribution < -0.4 is 0 Å². The van der Waals surface area contributed by atoms with Gasteiger partial charge in [-0.3, -0.25) is 9.59 Å². The Balaban J connectivity index is 2.38. The second kappa shape index (κ2) is 36.5. The van der Waals surface area contributed by atoms with Crippen LogP contribution in [0.15, 0.2) is 72.9 Å². The Morgan fingerprint density at radius 2 is 1.05 bits per heavy atom. The quantitative estimate of drug-likeness (QED) is 0.0283. The van der Waals surface area contributed by atoms with E-state index in [1.165, 1.54) is 44.9 Å². The van der Waals surface area contributed by atoms with Gasteiger partial charge in [-0.2, -0.15) is 0 Å². The highest BCUT2D eigenvalue weighted by molar-refractivity contribution is 5.70. The maximum absolute atomic E-state index is 12.7. The number of ether oxygens (including phenoxy) is 4. The van der Waals surface area contributed by atoms with Crippen molar-refractivity contribution in [3.8, 4) is 0 Å². The highest BCUT2D eigenvalue weighted by Crippen LogP contribution is 2.22. The molecule has 0 bridgehead atoms. The second-order valence-electron chi connectivity index (χ2n) is 14.5. The molecule has 0 aliphatic carbocycles. The number of carbonyl (C=O) groups excluding carboxylic acids is 2. The first-order chi connectivity index (χ1) is 27.3. The summed E-state index contributed by atoms with van der Waals surface area (Å²) in [7, 11) is 0. The molecular weight excluding hydrogens is 712 g/mol.